The Morgan fingerprint density at radius 2 is 1.34 bits per heavy atom. The van der Waals surface area contributed by atoms with Gasteiger partial charge in [0.25, 0.3) is 0 Å². The average molecular weight is 863 g/mol. The molecule has 1 saturated heterocycles. The summed E-state index contributed by atoms with van der Waals surface area (Å²) in [7, 11) is 3.12. The minimum Gasteiger partial charge on any atom is -0.617 e. The number of aromatic nitrogens is 4. The van der Waals surface area contributed by atoms with Crippen LogP contribution in [0.3, 0.4) is 0 Å². The number of rotatable bonds is 15. The maximum atomic E-state index is 15.2. The number of nitrogen functional groups attached to an aromatic ring is 1. The van der Waals surface area contributed by atoms with E-state index >= 15 is 4.79 Å². The lowest BCUT2D eigenvalue weighted by molar-refractivity contribution is -0.709. The molecule has 9 rings (SSSR count). The summed E-state index contributed by atoms with van der Waals surface area (Å²) in [5.74, 6) is -1.16. The number of hydroxylamine groups is 3. The predicted molar refractivity (Wildman–Crippen MR) is 231 cm³/mol. The third-order valence-corrected chi connectivity index (χ3v) is 11.8. The van der Waals surface area contributed by atoms with Crippen molar-refractivity contribution in [2.75, 3.05) is 33.1 Å². The number of nitrogens with two attached hydrogens (primary N) is 1. The molecule has 64 heavy (non-hydrogen) atoms. The number of anilines is 1. The minimum atomic E-state index is -1.82. The number of imide groups is 1. The van der Waals surface area contributed by atoms with Crippen LogP contribution in [-0.4, -0.2) is 98.7 Å². The van der Waals surface area contributed by atoms with Crippen LogP contribution in [0.1, 0.15) is 54.0 Å². The third-order valence-electron chi connectivity index (χ3n) is 11.8. The number of Topliss-reactive ketones (excluding diaryl/α,β-unsaturated/α-hetero) is 1. The zero-order valence-corrected chi connectivity index (χ0v) is 34.6. The van der Waals surface area contributed by atoms with E-state index in [0.717, 1.165) is 0 Å². The molecule has 0 bridgehead atoms. The van der Waals surface area contributed by atoms with Crippen molar-refractivity contribution in [2.45, 2.75) is 36.2 Å². The first-order valence-electron chi connectivity index (χ1n) is 20.4. The number of nitrogens with zero attached hydrogens (tertiary/aromatic N) is 5. The summed E-state index contributed by atoms with van der Waals surface area (Å²) in [6.45, 7) is -1.11. The number of carbonyl (C=O) groups is 3. The molecule has 2 aromatic heterocycles. The number of quaternary nitrogens is 1. The number of hydrogen-bond acceptors (Lipinski definition) is 14. The van der Waals surface area contributed by atoms with Gasteiger partial charge < -0.3 is 39.7 Å². The molecule has 1 fully saturated rings. The normalized spacial score (nSPS) is 19.7. The number of hydrogen-bond donors (Lipinski definition) is 2. The fourth-order valence-electron chi connectivity index (χ4n) is 8.50. The summed E-state index contributed by atoms with van der Waals surface area (Å²) < 4.78 is 31.3. The van der Waals surface area contributed by atoms with Crippen LogP contribution in [0.15, 0.2) is 146 Å². The van der Waals surface area contributed by atoms with Crippen molar-refractivity contribution in [3.63, 3.8) is 0 Å². The largest absolute Gasteiger partial charge is 0.617 e. The van der Waals surface area contributed by atoms with Gasteiger partial charge in [-0.25, -0.2) is 29.2 Å². The first kappa shape index (κ1) is 42.1. The van der Waals surface area contributed by atoms with E-state index < -0.39 is 71.6 Å². The molecule has 16 heteroatoms. The topological polar surface area (TPSA) is 210 Å². The van der Waals surface area contributed by atoms with Crippen LogP contribution in [0.4, 0.5) is 5.82 Å². The van der Waals surface area contributed by atoms with Gasteiger partial charge in [0.15, 0.2) is 29.6 Å². The molecule has 7 aromatic rings. The summed E-state index contributed by atoms with van der Waals surface area (Å²) in [6.07, 6.45) is -4.79. The van der Waals surface area contributed by atoms with E-state index in [1.54, 1.807) is 80.9 Å². The quantitative estimate of drug-likeness (QED) is 0.0421. The monoisotopic (exact) mass is 862 g/mol. The molecule has 0 saturated carbocycles. The highest BCUT2D eigenvalue weighted by atomic mass is 16.6. The molecule has 16 nitrogen and oxygen atoms in total. The summed E-state index contributed by atoms with van der Waals surface area (Å²) in [6, 6.07) is 38.3. The number of amides is 2. The lowest BCUT2D eigenvalue weighted by atomic mass is 9.79. The first-order chi connectivity index (χ1) is 31.1. The first-order valence-corrected chi connectivity index (χ1v) is 20.4. The van der Waals surface area contributed by atoms with Crippen LogP contribution >= 0.6 is 0 Å². The maximum Gasteiger partial charge on any atom is 0.354 e. The lowest BCUT2D eigenvalue weighted by Gasteiger charge is -2.40. The van der Waals surface area contributed by atoms with Crippen LogP contribution < -0.4 is 15.2 Å². The molecule has 2 aliphatic rings. The van der Waals surface area contributed by atoms with Crippen molar-refractivity contribution in [2.24, 2.45) is 0 Å². The maximum absolute atomic E-state index is 15.2. The van der Waals surface area contributed by atoms with Gasteiger partial charge in [-0.3, -0.25) is 9.36 Å². The Morgan fingerprint density at radius 1 is 0.797 bits per heavy atom. The van der Waals surface area contributed by atoms with E-state index in [0.29, 0.717) is 28.2 Å². The number of fused-ring (bicyclic) bond motifs is 2. The van der Waals surface area contributed by atoms with E-state index in [4.69, 9.17) is 29.4 Å². The fourth-order valence-corrected chi connectivity index (χ4v) is 8.50. The Hall–Kier alpha value is -7.18. The summed E-state index contributed by atoms with van der Waals surface area (Å²) in [5, 5.41) is 26.6. The number of methoxy groups -OCH3 is 2. The predicted octanol–water partition coefficient (Wildman–Crippen LogP) is 5.64. The van der Waals surface area contributed by atoms with Gasteiger partial charge in [0, 0.05) is 5.56 Å². The highest BCUT2D eigenvalue weighted by Crippen LogP contribution is 2.46. The summed E-state index contributed by atoms with van der Waals surface area (Å²) >= 11 is 0. The smallest absolute Gasteiger partial charge is 0.354 e. The van der Waals surface area contributed by atoms with Gasteiger partial charge in [0.2, 0.25) is 0 Å². The summed E-state index contributed by atoms with van der Waals surface area (Å²) in [5.41, 5.74) is 7.18. The number of ketones is 1. The number of aliphatic hydroxyl groups excluding tert-OH is 1. The zero-order valence-electron chi connectivity index (χ0n) is 34.6. The van der Waals surface area contributed by atoms with Gasteiger partial charge in [0.1, 0.15) is 53.8 Å². The number of carbonyl (C=O) groups excluding carboxylic acids is 3. The lowest BCUT2D eigenvalue weighted by Crippen LogP contribution is -2.51. The Kier molecular flexibility index (Phi) is 11.3. The van der Waals surface area contributed by atoms with E-state index in [2.05, 4.69) is 15.0 Å². The zero-order chi connectivity index (χ0) is 44.6. The van der Waals surface area contributed by atoms with Gasteiger partial charge in [-0.2, -0.15) is 0 Å². The molecule has 5 atom stereocenters. The molecule has 2 amide bonds. The van der Waals surface area contributed by atoms with E-state index in [9.17, 15) is 19.9 Å². The number of benzene rings is 5. The SMILES string of the molecule is COc1ccc(C(OC(C(=O)c2ccccc2)[C@H]2O[C@@H](n3cnc4c(N)ncnc43)[C@H](OCC[N+]3([O-])C(=O)c4ccccc4C3=O)[C@@H]2O)(c2ccccc2)c2ccc(OC)cc2)cc1. The Morgan fingerprint density at radius 3 is 1.92 bits per heavy atom. The van der Waals surface area contributed by atoms with Crippen molar-refractivity contribution in [3.05, 3.63) is 185 Å². The van der Waals surface area contributed by atoms with Crippen molar-refractivity contribution >= 4 is 34.6 Å². The van der Waals surface area contributed by atoms with Gasteiger partial charge in [-0.05, 0) is 53.1 Å². The number of imidazole rings is 1. The molecular formula is C48H42N6O10. The van der Waals surface area contributed by atoms with Crippen LogP contribution in [-0.2, 0) is 19.8 Å². The standard InChI is InChI=1S/C48H42N6O10/c1-60-33-21-17-31(18-22-33)48(30-13-7-4-8-14-30,32-19-23-34(61-2)24-20-32)64-41(38(55)29-11-5-3-6-12-29)40-39(56)42(45(63-40)53-28-52-37-43(49)50-27-51-44(37)53)62-26-25-54(59)46(57)35-15-9-10-16-36(35)47(54)58/h3-24,27-28,39-42,45,56H,25-26H2,1-2H3,(H2,49,50,51)/t39-,40+,41?,42-,45-/m1/s1. The van der Waals surface area contributed by atoms with Crippen LogP contribution in [0, 0.1) is 5.21 Å². The summed E-state index contributed by atoms with van der Waals surface area (Å²) in [4.78, 5) is 54.8. The molecule has 3 N–H and O–H groups in total. The molecule has 2 aliphatic heterocycles. The van der Waals surface area contributed by atoms with Crippen molar-refractivity contribution in [1.29, 1.82) is 0 Å². The molecule has 0 spiro atoms. The highest BCUT2D eigenvalue weighted by molar-refractivity contribution is 6.14. The fraction of sp³-hybridized carbons (Fsp3) is 0.208. The number of aliphatic hydroxyl groups is 1. The second-order valence-corrected chi connectivity index (χ2v) is 15.3. The van der Waals surface area contributed by atoms with Crippen LogP contribution in [0.2, 0.25) is 0 Å². The van der Waals surface area contributed by atoms with E-state index in [-0.39, 0.29) is 33.7 Å². The second-order valence-electron chi connectivity index (χ2n) is 15.3. The van der Waals surface area contributed by atoms with Gasteiger partial charge in [-0.1, -0.05) is 97.1 Å². The Bertz CT molecular complexity index is 2740. The molecule has 0 aliphatic carbocycles. The van der Waals surface area contributed by atoms with Crippen molar-refractivity contribution in [3.8, 4) is 11.5 Å². The number of ether oxygens (including phenoxy) is 5. The van der Waals surface area contributed by atoms with Gasteiger partial charge >= 0.3 is 11.8 Å². The Labute approximate surface area is 366 Å². The van der Waals surface area contributed by atoms with Gasteiger partial charge in [0.05, 0.1) is 38.3 Å². The van der Waals surface area contributed by atoms with Crippen LogP contribution in [0.5, 0.6) is 11.5 Å². The van der Waals surface area contributed by atoms with Gasteiger partial charge in [-0.15, -0.1) is 0 Å². The molecule has 1 unspecified atom stereocenters. The molecular weight excluding hydrogens is 821 g/mol. The van der Waals surface area contributed by atoms with Crippen molar-refractivity contribution in [1.82, 2.24) is 19.5 Å². The Balaban J connectivity index is 1.17. The van der Waals surface area contributed by atoms with Crippen LogP contribution in [0.25, 0.3) is 11.2 Å². The molecule has 5 aromatic carbocycles. The minimum absolute atomic E-state index is 0.0156. The third kappa shape index (κ3) is 7.17. The molecule has 324 valence electrons. The highest BCUT2D eigenvalue weighted by Gasteiger charge is 2.55. The van der Waals surface area contributed by atoms with Crippen molar-refractivity contribution < 1.29 is 47.8 Å². The van der Waals surface area contributed by atoms with E-state index in [1.165, 1.54) is 29.4 Å². The second kappa shape index (κ2) is 17.2. The molecule has 4 heterocycles. The average Bonchev–Trinajstić information content (AvgIpc) is 3.98. The van der Waals surface area contributed by atoms with E-state index in [1.807, 2.05) is 54.6 Å². The molecule has 0 radical (unpaired) electrons.